The molecule has 220 valence electrons. The first-order valence-corrected chi connectivity index (χ1v) is 16.2. The lowest BCUT2D eigenvalue weighted by molar-refractivity contribution is -0.151. The molecule has 0 aromatic rings. The molecule has 1 unspecified atom stereocenters. The molecule has 3 N–H and O–H groups in total. The Hall–Kier alpha value is -1.10. The smallest absolute Gasteiger partial charge is 0.323 e. The molecule has 5 heteroatoms. The van der Waals surface area contributed by atoms with Crippen molar-refractivity contribution < 1.29 is 19.4 Å². The van der Waals surface area contributed by atoms with E-state index in [9.17, 15) is 9.59 Å². The van der Waals surface area contributed by atoms with Crippen molar-refractivity contribution in [2.24, 2.45) is 5.73 Å². The number of hydrogen-bond acceptors (Lipinski definition) is 4. The van der Waals surface area contributed by atoms with Gasteiger partial charge in [0, 0.05) is 6.42 Å². The third-order valence-electron chi connectivity index (χ3n) is 7.59. The maximum Gasteiger partial charge on any atom is 0.323 e. The van der Waals surface area contributed by atoms with Crippen molar-refractivity contribution >= 4 is 11.9 Å². The van der Waals surface area contributed by atoms with Crippen LogP contribution in [0.3, 0.4) is 0 Å². The van der Waals surface area contributed by atoms with Gasteiger partial charge < -0.3 is 15.6 Å². The molecular formula is C32H63NO4. The average molecular weight is 526 g/mol. The van der Waals surface area contributed by atoms with Crippen LogP contribution < -0.4 is 5.73 Å². The molecule has 0 saturated heterocycles. The fourth-order valence-electron chi connectivity index (χ4n) is 4.98. The van der Waals surface area contributed by atoms with Crippen LogP contribution in [-0.4, -0.2) is 29.2 Å². The Morgan fingerprint density at radius 1 is 0.595 bits per heavy atom. The van der Waals surface area contributed by atoms with Crippen LogP contribution in [0.1, 0.15) is 181 Å². The van der Waals surface area contributed by atoms with E-state index in [1.165, 1.54) is 135 Å². The first kappa shape index (κ1) is 35.9. The lowest BCUT2D eigenvalue weighted by Crippen LogP contribution is -2.35. The quantitative estimate of drug-likeness (QED) is 0.0749. The van der Waals surface area contributed by atoms with Gasteiger partial charge in [0.25, 0.3) is 0 Å². The molecule has 0 aliphatic heterocycles. The zero-order chi connectivity index (χ0) is 27.4. The zero-order valence-corrected chi connectivity index (χ0v) is 24.8. The second-order valence-electron chi connectivity index (χ2n) is 11.2. The number of nitrogens with two attached hydrogens (primary N) is 1. The Morgan fingerprint density at radius 3 is 1.27 bits per heavy atom. The summed E-state index contributed by atoms with van der Waals surface area (Å²) in [5.41, 5.74) is 5.74. The Bertz CT molecular complexity index is 511. The summed E-state index contributed by atoms with van der Waals surface area (Å²) >= 11 is 0. The summed E-state index contributed by atoms with van der Waals surface area (Å²) < 4.78 is 5.48. The number of carbonyl (C=O) groups is 2. The van der Waals surface area contributed by atoms with Gasteiger partial charge in [0.05, 0.1) is 0 Å². The maximum absolute atomic E-state index is 12.0. The highest BCUT2D eigenvalue weighted by molar-refractivity contribution is 5.76. The molecular weight excluding hydrogens is 462 g/mol. The normalized spacial score (nSPS) is 12.9. The van der Waals surface area contributed by atoms with Crippen LogP contribution in [0.25, 0.3) is 0 Å². The SMILES string of the molecule is CCCCCCCCCCCCCCCCCCCCCCCCC(CC)OC(=O)[C@@H](N)CCC(=O)O. The van der Waals surface area contributed by atoms with E-state index in [4.69, 9.17) is 15.6 Å². The van der Waals surface area contributed by atoms with Crippen LogP contribution in [-0.2, 0) is 14.3 Å². The van der Waals surface area contributed by atoms with Gasteiger partial charge in [-0.05, 0) is 25.7 Å². The van der Waals surface area contributed by atoms with E-state index in [0.29, 0.717) is 0 Å². The first-order valence-electron chi connectivity index (χ1n) is 16.2. The van der Waals surface area contributed by atoms with E-state index < -0.39 is 18.0 Å². The standard InChI is InChI=1S/C32H63NO4/c1-3-5-6-7-8-9-10-11-12-13-14-15-16-17-18-19-20-21-22-23-24-25-26-29(4-2)37-32(36)30(33)27-28-31(34)35/h29-30H,3-28,33H2,1-2H3,(H,34,35)/t29?,30-/m0/s1. The number of carboxylic acid groups (broad SMARTS) is 1. The molecule has 0 rings (SSSR count). The predicted molar refractivity (Wildman–Crippen MR) is 157 cm³/mol. The van der Waals surface area contributed by atoms with Gasteiger partial charge in [-0.3, -0.25) is 9.59 Å². The van der Waals surface area contributed by atoms with Gasteiger partial charge in [-0.2, -0.15) is 0 Å². The summed E-state index contributed by atoms with van der Waals surface area (Å²) in [6.45, 7) is 4.30. The van der Waals surface area contributed by atoms with Crippen molar-refractivity contribution in [3.63, 3.8) is 0 Å². The molecule has 0 aromatic heterocycles. The largest absolute Gasteiger partial charge is 0.481 e. The number of carboxylic acids is 1. The number of unbranched alkanes of at least 4 members (excludes halogenated alkanes) is 21. The minimum atomic E-state index is -0.940. The van der Waals surface area contributed by atoms with Gasteiger partial charge in [-0.1, -0.05) is 149 Å². The fourth-order valence-corrected chi connectivity index (χ4v) is 4.98. The third-order valence-corrected chi connectivity index (χ3v) is 7.59. The predicted octanol–water partition coefficient (Wildman–Crippen LogP) is 9.49. The van der Waals surface area contributed by atoms with Crippen molar-refractivity contribution in [2.45, 2.75) is 193 Å². The highest BCUT2D eigenvalue weighted by Gasteiger charge is 2.20. The van der Waals surface area contributed by atoms with Gasteiger partial charge in [-0.15, -0.1) is 0 Å². The lowest BCUT2D eigenvalue weighted by Gasteiger charge is -2.18. The lowest BCUT2D eigenvalue weighted by atomic mass is 10.0. The topological polar surface area (TPSA) is 89.6 Å². The second kappa shape index (κ2) is 27.9. The molecule has 0 spiro atoms. The molecule has 5 nitrogen and oxygen atoms in total. The van der Waals surface area contributed by atoms with Crippen molar-refractivity contribution in [3.8, 4) is 0 Å². The number of aliphatic carboxylic acids is 1. The number of esters is 1. The minimum Gasteiger partial charge on any atom is -0.481 e. The first-order chi connectivity index (χ1) is 18.0. The van der Waals surface area contributed by atoms with Crippen LogP contribution in [0.2, 0.25) is 0 Å². The average Bonchev–Trinajstić information content (AvgIpc) is 2.89. The van der Waals surface area contributed by atoms with Gasteiger partial charge >= 0.3 is 11.9 Å². The summed E-state index contributed by atoms with van der Waals surface area (Å²) in [5, 5.41) is 8.71. The number of rotatable bonds is 29. The zero-order valence-electron chi connectivity index (χ0n) is 24.8. The van der Waals surface area contributed by atoms with Crippen LogP contribution in [0.5, 0.6) is 0 Å². The Kier molecular flexibility index (Phi) is 27.1. The minimum absolute atomic E-state index is 0.103. The summed E-state index contributed by atoms with van der Waals surface area (Å²) in [7, 11) is 0. The summed E-state index contributed by atoms with van der Waals surface area (Å²) in [5.74, 6) is -1.41. The summed E-state index contributed by atoms with van der Waals surface area (Å²) in [6.07, 6.45) is 31.9. The molecule has 0 fully saturated rings. The number of hydrogen-bond donors (Lipinski definition) is 2. The van der Waals surface area contributed by atoms with E-state index in [1.807, 2.05) is 6.92 Å². The van der Waals surface area contributed by atoms with Gasteiger partial charge in [0.1, 0.15) is 12.1 Å². The van der Waals surface area contributed by atoms with Crippen molar-refractivity contribution in [1.82, 2.24) is 0 Å². The number of carbonyl (C=O) groups excluding carboxylic acids is 1. The maximum atomic E-state index is 12.0. The monoisotopic (exact) mass is 525 g/mol. The van der Waals surface area contributed by atoms with E-state index in [2.05, 4.69) is 6.92 Å². The summed E-state index contributed by atoms with van der Waals surface area (Å²) in [4.78, 5) is 22.6. The Labute approximate surface area is 230 Å². The molecule has 0 saturated carbocycles. The molecule has 0 aromatic carbocycles. The molecule has 0 aliphatic rings. The van der Waals surface area contributed by atoms with Gasteiger partial charge in [-0.25, -0.2) is 0 Å². The Balaban J connectivity index is 3.36. The fraction of sp³-hybridized carbons (Fsp3) is 0.938. The van der Waals surface area contributed by atoms with Crippen LogP contribution in [0.4, 0.5) is 0 Å². The van der Waals surface area contributed by atoms with Gasteiger partial charge in [0.2, 0.25) is 0 Å². The highest BCUT2D eigenvalue weighted by Crippen LogP contribution is 2.17. The van der Waals surface area contributed by atoms with E-state index >= 15 is 0 Å². The number of ether oxygens (including phenoxy) is 1. The molecule has 0 bridgehead atoms. The molecule has 0 amide bonds. The van der Waals surface area contributed by atoms with Crippen molar-refractivity contribution in [1.29, 1.82) is 0 Å². The summed E-state index contributed by atoms with van der Waals surface area (Å²) in [6, 6.07) is -0.838. The van der Waals surface area contributed by atoms with Gasteiger partial charge in [0.15, 0.2) is 0 Å². The van der Waals surface area contributed by atoms with Crippen molar-refractivity contribution in [3.05, 3.63) is 0 Å². The third kappa shape index (κ3) is 26.3. The van der Waals surface area contributed by atoms with E-state index in [-0.39, 0.29) is 18.9 Å². The van der Waals surface area contributed by atoms with Crippen LogP contribution >= 0.6 is 0 Å². The molecule has 2 atom stereocenters. The molecule has 0 heterocycles. The highest BCUT2D eigenvalue weighted by atomic mass is 16.5. The van der Waals surface area contributed by atoms with Crippen molar-refractivity contribution in [2.75, 3.05) is 0 Å². The van der Waals surface area contributed by atoms with E-state index in [1.54, 1.807) is 0 Å². The Morgan fingerprint density at radius 2 is 0.946 bits per heavy atom. The molecule has 37 heavy (non-hydrogen) atoms. The molecule has 0 radical (unpaired) electrons. The van der Waals surface area contributed by atoms with Crippen LogP contribution in [0.15, 0.2) is 0 Å². The van der Waals surface area contributed by atoms with Crippen LogP contribution in [0, 0.1) is 0 Å². The molecule has 0 aliphatic carbocycles. The second-order valence-corrected chi connectivity index (χ2v) is 11.2. The van der Waals surface area contributed by atoms with E-state index in [0.717, 1.165) is 19.3 Å².